The monoisotopic (exact) mass is 744 g/mol. The molecule has 4 nitrogen and oxygen atoms in total. The van der Waals surface area contributed by atoms with Crippen molar-refractivity contribution in [2.45, 2.75) is 5.92 Å². The Morgan fingerprint density at radius 3 is 1.63 bits per heavy atom. The van der Waals surface area contributed by atoms with Crippen molar-refractivity contribution in [1.29, 1.82) is 0 Å². The molecule has 1 aliphatic carbocycles. The summed E-state index contributed by atoms with van der Waals surface area (Å²) in [6, 6.07) is 67.4. The van der Waals surface area contributed by atoms with Crippen LogP contribution in [0.25, 0.3) is 93.0 Å². The van der Waals surface area contributed by atoms with E-state index in [4.69, 9.17) is 15.0 Å². The van der Waals surface area contributed by atoms with Crippen molar-refractivity contribution in [3.8, 4) is 51.0 Å². The van der Waals surface area contributed by atoms with Crippen LogP contribution >= 0.6 is 11.3 Å². The predicted octanol–water partition coefficient (Wildman–Crippen LogP) is 13.5. The molecule has 5 heteroatoms. The van der Waals surface area contributed by atoms with Gasteiger partial charge in [-0.2, -0.15) is 0 Å². The number of fused-ring (bicyclic) bond motifs is 10. The van der Waals surface area contributed by atoms with Crippen LogP contribution in [0.2, 0.25) is 0 Å². The lowest BCUT2D eigenvalue weighted by molar-refractivity contribution is 1.02. The SMILES string of the molecule is c1ccc(-c2nc(-c3ccccc3)nc(-c3ccc(-n4c5ccc(C6c7ccccc7-c7ccccc76)cc5c5ccc6sc7ccccc7c6c54)cc3)n2)cc1. The van der Waals surface area contributed by atoms with E-state index in [1.807, 2.05) is 72.0 Å². The van der Waals surface area contributed by atoms with Gasteiger partial charge in [-0.05, 0) is 76.3 Å². The molecule has 57 heavy (non-hydrogen) atoms. The molecular weight excluding hydrogens is 713 g/mol. The van der Waals surface area contributed by atoms with Crippen molar-refractivity contribution >= 4 is 53.3 Å². The minimum atomic E-state index is 0.173. The molecule has 0 fully saturated rings. The van der Waals surface area contributed by atoms with Crippen LogP contribution in [0.1, 0.15) is 22.6 Å². The van der Waals surface area contributed by atoms with Gasteiger partial charge in [0, 0.05) is 59.2 Å². The zero-order valence-corrected chi connectivity index (χ0v) is 31.5. The largest absolute Gasteiger partial charge is 0.309 e. The third kappa shape index (κ3) is 5.03. The first kappa shape index (κ1) is 32.1. The maximum absolute atomic E-state index is 5.01. The second-order valence-electron chi connectivity index (χ2n) is 14.7. The third-order valence-electron chi connectivity index (χ3n) is 11.5. The van der Waals surface area contributed by atoms with Crippen LogP contribution in [0.4, 0.5) is 0 Å². The molecular formula is C52H32N4S. The topological polar surface area (TPSA) is 43.6 Å². The second-order valence-corrected chi connectivity index (χ2v) is 15.8. The summed E-state index contributed by atoms with van der Waals surface area (Å²) < 4.78 is 5.05. The lowest BCUT2D eigenvalue weighted by atomic mass is 9.88. The van der Waals surface area contributed by atoms with E-state index >= 15 is 0 Å². The number of nitrogens with zero attached hydrogens (tertiary/aromatic N) is 4. The summed E-state index contributed by atoms with van der Waals surface area (Å²) in [4.78, 5) is 14.9. The lowest BCUT2D eigenvalue weighted by Gasteiger charge is -2.15. The fourth-order valence-corrected chi connectivity index (χ4v) is 10.1. The Labute approximate surface area is 333 Å². The molecule has 0 N–H and O–H groups in total. The minimum Gasteiger partial charge on any atom is -0.309 e. The molecule has 0 amide bonds. The number of rotatable bonds is 5. The highest BCUT2D eigenvalue weighted by Crippen LogP contribution is 2.49. The maximum atomic E-state index is 5.01. The molecule has 0 saturated carbocycles. The molecule has 8 aromatic carbocycles. The molecule has 0 aliphatic heterocycles. The molecule has 11 aromatic rings. The molecule has 1 aliphatic rings. The summed E-state index contributed by atoms with van der Waals surface area (Å²) in [7, 11) is 0. The van der Waals surface area contributed by atoms with Gasteiger partial charge in [0.2, 0.25) is 0 Å². The molecule has 3 aromatic heterocycles. The summed E-state index contributed by atoms with van der Waals surface area (Å²) in [6.07, 6.45) is 0. The molecule has 0 atom stereocenters. The zero-order chi connectivity index (χ0) is 37.5. The van der Waals surface area contributed by atoms with E-state index in [2.05, 4.69) is 132 Å². The van der Waals surface area contributed by atoms with Crippen LogP contribution in [0.15, 0.2) is 188 Å². The van der Waals surface area contributed by atoms with Crippen LogP contribution in [-0.4, -0.2) is 19.5 Å². The highest BCUT2D eigenvalue weighted by atomic mass is 32.1. The van der Waals surface area contributed by atoms with E-state index in [1.165, 1.54) is 69.8 Å². The van der Waals surface area contributed by atoms with Gasteiger partial charge in [-0.25, -0.2) is 15.0 Å². The Morgan fingerprint density at radius 2 is 0.982 bits per heavy atom. The quantitative estimate of drug-likeness (QED) is 0.176. The molecule has 266 valence electrons. The van der Waals surface area contributed by atoms with Crippen molar-refractivity contribution in [1.82, 2.24) is 19.5 Å². The highest BCUT2D eigenvalue weighted by Gasteiger charge is 2.30. The van der Waals surface area contributed by atoms with Gasteiger partial charge in [0.05, 0.1) is 11.0 Å². The highest BCUT2D eigenvalue weighted by molar-refractivity contribution is 7.26. The number of benzene rings is 8. The molecule has 12 rings (SSSR count). The summed E-state index contributed by atoms with van der Waals surface area (Å²) in [6.45, 7) is 0. The normalized spacial score (nSPS) is 12.5. The van der Waals surface area contributed by atoms with Crippen LogP contribution in [0.5, 0.6) is 0 Å². The van der Waals surface area contributed by atoms with Gasteiger partial charge in [0.15, 0.2) is 17.5 Å². The number of aromatic nitrogens is 4. The zero-order valence-electron chi connectivity index (χ0n) is 30.7. The fraction of sp³-hybridized carbons (Fsp3) is 0.0192. The summed E-state index contributed by atoms with van der Waals surface area (Å²) in [5.41, 5.74) is 13.1. The van der Waals surface area contributed by atoms with Crippen molar-refractivity contribution < 1.29 is 0 Å². The summed E-state index contributed by atoms with van der Waals surface area (Å²) in [5.74, 6) is 2.12. The number of hydrogen-bond acceptors (Lipinski definition) is 4. The van der Waals surface area contributed by atoms with Crippen molar-refractivity contribution in [3.63, 3.8) is 0 Å². The molecule has 3 heterocycles. The van der Waals surface area contributed by atoms with Crippen LogP contribution in [-0.2, 0) is 0 Å². The second kappa shape index (κ2) is 12.7. The molecule has 0 saturated heterocycles. The van der Waals surface area contributed by atoms with Gasteiger partial charge in [0.1, 0.15) is 0 Å². The molecule has 0 bridgehead atoms. The van der Waals surface area contributed by atoms with Gasteiger partial charge in [-0.1, -0.05) is 140 Å². The average Bonchev–Trinajstić information content (AvgIpc) is 3.94. The van der Waals surface area contributed by atoms with E-state index in [-0.39, 0.29) is 5.92 Å². The lowest BCUT2D eigenvalue weighted by Crippen LogP contribution is -2.01. The first-order valence-corrected chi connectivity index (χ1v) is 20.1. The minimum absolute atomic E-state index is 0.173. The first-order valence-electron chi connectivity index (χ1n) is 19.3. The predicted molar refractivity (Wildman–Crippen MR) is 236 cm³/mol. The standard InChI is InChI=1S/C52H32N4S/c1-3-13-32(14-4-1)50-53-51(33-15-5-2-6-16-33)55-52(54-50)34-23-26-36(27-24-34)56-44-29-25-35(47-39-19-9-7-17-37(39)38-18-8-10-20-40(38)47)31-43(44)41-28-30-46-48(49(41)56)42-21-11-12-22-45(42)57-46/h1-31,47H. The van der Waals surface area contributed by atoms with E-state index in [1.54, 1.807) is 0 Å². The van der Waals surface area contributed by atoms with Gasteiger partial charge in [-0.15, -0.1) is 11.3 Å². The van der Waals surface area contributed by atoms with E-state index in [0.717, 1.165) is 22.4 Å². The molecule has 0 spiro atoms. The number of hydrogen-bond donors (Lipinski definition) is 0. The van der Waals surface area contributed by atoms with Crippen LogP contribution in [0, 0.1) is 0 Å². The molecule has 0 radical (unpaired) electrons. The maximum Gasteiger partial charge on any atom is 0.164 e. The smallest absolute Gasteiger partial charge is 0.164 e. The van der Waals surface area contributed by atoms with Gasteiger partial charge in [-0.3, -0.25) is 0 Å². The van der Waals surface area contributed by atoms with Gasteiger partial charge < -0.3 is 4.57 Å². The average molecular weight is 745 g/mol. The van der Waals surface area contributed by atoms with Gasteiger partial charge >= 0.3 is 0 Å². The Kier molecular flexibility index (Phi) is 7.13. The third-order valence-corrected chi connectivity index (χ3v) is 12.7. The Bertz CT molecular complexity index is 3240. The van der Waals surface area contributed by atoms with Crippen LogP contribution in [0.3, 0.4) is 0 Å². The Morgan fingerprint density at radius 1 is 0.421 bits per heavy atom. The van der Waals surface area contributed by atoms with Crippen LogP contribution < -0.4 is 0 Å². The molecule has 0 unspecified atom stereocenters. The van der Waals surface area contributed by atoms with Crippen molar-refractivity contribution in [2.75, 3.05) is 0 Å². The van der Waals surface area contributed by atoms with E-state index < -0.39 is 0 Å². The number of thiophene rings is 1. The first-order chi connectivity index (χ1) is 28.3. The van der Waals surface area contributed by atoms with E-state index in [9.17, 15) is 0 Å². The van der Waals surface area contributed by atoms with Crippen molar-refractivity contribution in [2.24, 2.45) is 0 Å². The fourth-order valence-electron chi connectivity index (χ4n) is 8.99. The van der Waals surface area contributed by atoms with Crippen molar-refractivity contribution in [3.05, 3.63) is 205 Å². The summed E-state index contributed by atoms with van der Waals surface area (Å²) >= 11 is 1.86. The van der Waals surface area contributed by atoms with Gasteiger partial charge in [0.25, 0.3) is 0 Å². The van der Waals surface area contributed by atoms with E-state index in [0.29, 0.717) is 17.5 Å². The Hall–Kier alpha value is -7.21. The Balaban J connectivity index is 1.06. The summed E-state index contributed by atoms with van der Waals surface area (Å²) in [5, 5.41) is 5.09.